The van der Waals surface area contributed by atoms with Crippen LogP contribution in [0.2, 0.25) is 0 Å². The van der Waals surface area contributed by atoms with Gasteiger partial charge in [0.05, 0.1) is 5.25 Å². The van der Waals surface area contributed by atoms with Crippen molar-refractivity contribution in [2.24, 2.45) is 29.6 Å². The second-order valence-corrected chi connectivity index (χ2v) is 12.4. The first-order valence-corrected chi connectivity index (χ1v) is 14.3. The zero-order valence-electron chi connectivity index (χ0n) is 20.5. The largest absolute Gasteiger partial charge is 0.426 e. The molecule has 2 aliphatic carbocycles. The topological polar surface area (TPSA) is 54.4 Å². The van der Waals surface area contributed by atoms with Crippen molar-refractivity contribution >= 4 is 10.2 Å². The molecule has 2 rings (SSSR count). The van der Waals surface area contributed by atoms with Crippen LogP contribution in [0.15, 0.2) is 0 Å². The van der Waals surface area contributed by atoms with Crippen molar-refractivity contribution in [3.63, 3.8) is 0 Å². The van der Waals surface area contributed by atoms with Crippen LogP contribution in [0.3, 0.4) is 0 Å². The van der Waals surface area contributed by atoms with Crippen molar-refractivity contribution in [3.8, 4) is 0 Å². The lowest BCUT2D eigenvalue weighted by Crippen LogP contribution is -2.58. The van der Waals surface area contributed by atoms with E-state index in [0.29, 0.717) is 31.6 Å². The smallest absolute Gasteiger partial charge is 0.374 e. The molecule has 0 radical (unpaired) electrons. The lowest BCUT2D eigenvalue weighted by molar-refractivity contribution is -0.373. The van der Waals surface area contributed by atoms with Gasteiger partial charge in [0.1, 0.15) is 0 Å². The molecule has 2 fully saturated rings. The van der Waals surface area contributed by atoms with Crippen LogP contribution in [0, 0.1) is 29.6 Å². The summed E-state index contributed by atoms with van der Waals surface area (Å²) >= 11 is 0. The average molecular weight is 541 g/mol. The zero-order valence-corrected chi connectivity index (χ0v) is 21.3. The summed E-state index contributed by atoms with van der Waals surface area (Å²) in [6, 6.07) is 0. The first-order valence-electron chi connectivity index (χ1n) is 12.8. The Hall–Kier alpha value is -0.580. The van der Waals surface area contributed by atoms with E-state index in [4.69, 9.17) is 0 Å². The van der Waals surface area contributed by atoms with Gasteiger partial charge in [-0.15, -0.1) is 3.89 Å². The monoisotopic (exact) mass is 540 g/mol. The minimum absolute atomic E-state index is 0.0442. The Morgan fingerprint density at radius 1 is 0.886 bits per heavy atom. The Kier molecular flexibility index (Phi) is 10.4. The maximum absolute atomic E-state index is 13.1. The molecule has 208 valence electrons. The molecule has 11 heteroatoms. The quantitative estimate of drug-likeness (QED) is 0.139. The van der Waals surface area contributed by atoms with Gasteiger partial charge in [0.15, 0.2) is 0 Å². The van der Waals surface area contributed by atoms with Crippen molar-refractivity contribution in [2.75, 3.05) is 0 Å². The van der Waals surface area contributed by atoms with E-state index in [1.807, 2.05) is 6.92 Å². The molecule has 1 N–H and O–H groups in total. The lowest BCUT2D eigenvalue weighted by Gasteiger charge is -2.39. The Balaban J connectivity index is 1.68. The minimum Gasteiger partial charge on any atom is -0.374 e. The van der Waals surface area contributed by atoms with E-state index < -0.39 is 45.8 Å². The summed E-state index contributed by atoms with van der Waals surface area (Å²) in [7, 11) is -4.47. The van der Waals surface area contributed by atoms with E-state index >= 15 is 0 Å². The molecular weight excluding hydrogens is 501 g/mol. The van der Waals surface area contributed by atoms with Crippen LogP contribution in [0.25, 0.3) is 0 Å². The van der Waals surface area contributed by atoms with Gasteiger partial charge in [-0.2, -0.15) is 34.8 Å². The van der Waals surface area contributed by atoms with E-state index in [1.165, 1.54) is 0 Å². The first-order chi connectivity index (χ1) is 16.0. The number of fused-ring (bicyclic) bond motifs is 2. The number of hydrogen-bond acceptors (Lipinski definition) is 3. The zero-order chi connectivity index (χ0) is 26.7. The summed E-state index contributed by atoms with van der Waals surface area (Å²) in [5.74, 6) is -0.540. The van der Waals surface area contributed by atoms with Crippen molar-refractivity contribution in [3.05, 3.63) is 0 Å². The molecule has 3 nitrogen and oxygen atoms in total. The van der Waals surface area contributed by atoms with E-state index in [9.17, 15) is 43.8 Å². The molecule has 2 aliphatic rings. The standard InChI is InChI=1S/C24H39F7O3S/c1-3-19(35(31,33)34)11-9-7-5-4-6-8-10-12-20-16(2)21-14-17(20)13-18(21)15-22(32,23(25,26)27)24(28,29)30/h16-21,32H,3-15H2,1-2H3. The molecule has 35 heavy (non-hydrogen) atoms. The second-order valence-electron chi connectivity index (χ2n) is 10.8. The summed E-state index contributed by atoms with van der Waals surface area (Å²) < 4.78 is 114. The highest BCUT2D eigenvalue weighted by Gasteiger charge is 2.71. The number of alkyl halides is 6. The van der Waals surface area contributed by atoms with Gasteiger partial charge >= 0.3 is 22.6 Å². The molecule has 0 aromatic carbocycles. The summed E-state index contributed by atoms with van der Waals surface area (Å²) in [6.45, 7) is 3.58. The highest BCUT2D eigenvalue weighted by atomic mass is 32.3. The van der Waals surface area contributed by atoms with Crippen molar-refractivity contribution < 1.29 is 43.8 Å². The molecule has 0 heterocycles. The van der Waals surface area contributed by atoms with Crippen LogP contribution in [0.4, 0.5) is 30.2 Å². The highest BCUT2D eigenvalue weighted by Crippen LogP contribution is 2.60. The fraction of sp³-hybridized carbons (Fsp3) is 1.00. The predicted molar refractivity (Wildman–Crippen MR) is 120 cm³/mol. The fourth-order valence-corrected chi connectivity index (χ4v) is 7.47. The van der Waals surface area contributed by atoms with Gasteiger partial charge in [-0.3, -0.25) is 0 Å². The fourth-order valence-electron chi connectivity index (χ4n) is 6.63. The molecular formula is C24H39F7O3S. The minimum atomic E-state index is -5.75. The summed E-state index contributed by atoms with van der Waals surface area (Å²) in [5, 5.41) is 8.67. The second kappa shape index (κ2) is 11.9. The van der Waals surface area contributed by atoms with E-state index in [1.54, 1.807) is 6.92 Å². The number of rotatable bonds is 14. The third kappa shape index (κ3) is 7.48. The molecule has 0 aromatic heterocycles. The molecule has 0 aromatic rings. The van der Waals surface area contributed by atoms with Gasteiger partial charge < -0.3 is 5.11 Å². The van der Waals surface area contributed by atoms with Crippen LogP contribution in [0.1, 0.15) is 97.3 Å². The van der Waals surface area contributed by atoms with Crippen LogP contribution < -0.4 is 0 Å². The molecule has 0 saturated heterocycles. The van der Waals surface area contributed by atoms with Crippen LogP contribution >= 0.6 is 0 Å². The van der Waals surface area contributed by atoms with Gasteiger partial charge in [0.25, 0.3) is 5.60 Å². The molecule has 0 spiro atoms. The number of unbranched alkanes of at least 4 members (excludes halogenated alkanes) is 6. The molecule has 6 atom stereocenters. The van der Waals surface area contributed by atoms with Crippen LogP contribution in [0.5, 0.6) is 0 Å². The van der Waals surface area contributed by atoms with Gasteiger partial charge in [-0.05, 0) is 68.1 Å². The molecule has 6 unspecified atom stereocenters. The molecule has 0 aliphatic heterocycles. The summed E-state index contributed by atoms with van der Waals surface area (Å²) in [4.78, 5) is 0. The maximum Gasteiger partial charge on any atom is 0.426 e. The first kappa shape index (κ1) is 30.6. The Bertz CT molecular complexity index is 750. The average Bonchev–Trinajstić information content (AvgIpc) is 3.24. The van der Waals surface area contributed by atoms with Gasteiger partial charge in [0.2, 0.25) is 0 Å². The number of aliphatic hydroxyl groups is 1. The van der Waals surface area contributed by atoms with Gasteiger partial charge in [-0.25, -0.2) is 0 Å². The van der Waals surface area contributed by atoms with Crippen molar-refractivity contribution in [1.82, 2.24) is 0 Å². The summed E-state index contributed by atoms with van der Waals surface area (Å²) in [5.41, 5.74) is -4.65. The van der Waals surface area contributed by atoms with Gasteiger partial charge in [-0.1, -0.05) is 58.8 Å². The Morgan fingerprint density at radius 3 is 1.86 bits per heavy atom. The van der Waals surface area contributed by atoms with Crippen molar-refractivity contribution in [2.45, 2.75) is 121 Å². The van der Waals surface area contributed by atoms with Crippen LogP contribution in [-0.4, -0.2) is 36.7 Å². The summed E-state index contributed by atoms with van der Waals surface area (Å²) in [6.07, 6.45) is -3.97. The molecule has 2 bridgehead atoms. The van der Waals surface area contributed by atoms with Gasteiger partial charge in [0, 0.05) is 0 Å². The van der Waals surface area contributed by atoms with E-state index in [0.717, 1.165) is 44.9 Å². The normalized spacial score (nSPS) is 28.6. The molecule has 2 saturated carbocycles. The van der Waals surface area contributed by atoms with Crippen LogP contribution in [-0.2, 0) is 10.2 Å². The van der Waals surface area contributed by atoms with E-state index in [2.05, 4.69) is 0 Å². The number of hydrogen-bond donors (Lipinski definition) is 1. The predicted octanol–water partition coefficient (Wildman–Crippen LogP) is 7.73. The lowest BCUT2D eigenvalue weighted by atomic mass is 9.70. The molecule has 0 amide bonds. The Morgan fingerprint density at radius 2 is 1.40 bits per heavy atom. The number of halogens is 7. The van der Waals surface area contributed by atoms with Crippen molar-refractivity contribution in [1.29, 1.82) is 0 Å². The maximum atomic E-state index is 13.1. The Labute approximate surface area is 204 Å². The SMILES string of the molecule is CCC(CCCCCCCCCC1C2CC(CC(O)(C(F)(F)F)C(F)(F)F)C(C2)C1C)S(=O)(=O)F. The van der Waals surface area contributed by atoms with E-state index in [-0.39, 0.29) is 24.2 Å². The third-order valence-electron chi connectivity index (χ3n) is 8.65. The third-order valence-corrected chi connectivity index (χ3v) is 10.0. The highest BCUT2D eigenvalue weighted by molar-refractivity contribution is 7.87.